The number of rotatable bonds is 3. The number of carbonyl (C=O) groups is 1. The molecule has 0 radical (unpaired) electrons. The van der Waals surface area contributed by atoms with Gasteiger partial charge in [0.15, 0.2) is 0 Å². The molecule has 114 valence electrons. The molecule has 0 bridgehead atoms. The third kappa shape index (κ3) is 3.29. The molecule has 1 fully saturated rings. The highest BCUT2D eigenvalue weighted by Crippen LogP contribution is 2.34. The molecule has 1 aliphatic carbocycles. The van der Waals surface area contributed by atoms with E-state index in [1.54, 1.807) is 0 Å². The van der Waals surface area contributed by atoms with Gasteiger partial charge in [-0.25, -0.2) is 0 Å². The number of hydrogen-bond donors (Lipinski definition) is 1. The highest BCUT2D eigenvalue weighted by molar-refractivity contribution is 5.94. The number of benzene rings is 1. The third-order valence-electron chi connectivity index (χ3n) is 4.99. The Hall–Kier alpha value is -1.35. The van der Waals surface area contributed by atoms with Crippen molar-refractivity contribution >= 4 is 11.6 Å². The van der Waals surface area contributed by atoms with Gasteiger partial charge >= 0.3 is 0 Å². The van der Waals surface area contributed by atoms with Crippen molar-refractivity contribution in [2.45, 2.75) is 57.5 Å². The Morgan fingerprint density at radius 1 is 1.14 bits per heavy atom. The minimum atomic E-state index is -0.436. The first-order chi connectivity index (χ1) is 10.3. The molecular weight excluding hydrogens is 262 g/mol. The van der Waals surface area contributed by atoms with E-state index in [1.807, 2.05) is 29.2 Å². The number of anilines is 1. The minimum Gasteiger partial charge on any atom is -0.388 e. The Kier molecular flexibility index (Phi) is 4.59. The van der Waals surface area contributed by atoms with Crippen LogP contribution in [0.3, 0.4) is 0 Å². The van der Waals surface area contributed by atoms with Gasteiger partial charge in [-0.1, -0.05) is 43.9 Å². The molecular formula is C18H25NO2. The number of para-hydroxylation sites is 1. The van der Waals surface area contributed by atoms with Gasteiger partial charge in [0.05, 0.1) is 6.10 Å². The summed E-state index contributed by atoms with van der Waals surface area (Å²) in [5, 5.41) is 10.2. The molecule has 0 spiro atoms. The molecule has 1 atom stereocenters. The smallest absolute Gasteiger partial charge is 0.226 e. The third-order valence-corrected chi connectivity index (χ3v) is 4.99. The molecule has 1 aromatic rings. The van der Waals surface area contributed by atoms with E-state index < -0.39 is 6.10 Å². The number of aliphatic hydroxyl groups is 1. The summed E-state index contributed by atoms with van der Waals surface area (Å²) < 4.78 is 0. The highest BCUT2D eigenvalue weighted by Gasteiger charge is 2.25. The molecule has 1 N–H and O–H groups in total. The topological polar surface area (TPSA) is 40.5 Å². The van der Waals surface area contributed by atoms with Crippen molar-refractivity contribution in [2.75, 3.05) is 11.4 Å². The van der Waals surface area contributed by atoms with Gasteiger partial charge in [-0.15, -0.1) is 0 Å². The number of hydrogen-bond acceptors (Lipinski definition) is 2. The SMILES string of the molecule is O=C(CCC1CCCC1)N1CCCC(O)c2ccccc21. The molecule has 3 rings (SSSR count). The van der Waals surface area contributed by atoms with Crippen LogP contribution < -0.4 is 4.90 Å². The van der Waals surface area contributed by atoms with E-state index in [0.717, 1.165) is 43.0 Å². The molecule has 2 aliphatic rings. The Morgan fingerprint density at radius 3 is 2.71 bits per heavy atom. The lowest BCUT2D eigenvalue weighted by molar-refractivity contribution is -0.118. The van der Waals surface area contributed by atoms with Crippen molar-refractivity contribution in [3.8, 4) is 0 Å². The van der Waals surface area contributed by atoms with Crippen LogP contribution in [0, 0.1) is 5.92 Å². The van der Waals surface area contributed by atoms with Gasteiger partial charge in [-0.3, -0.25) is 4.79 Å². The number of nitrogens with zero attached hydrogens (tertiary/aromatic N) is 1. The Morgan fingerprint density at radius 2 is 1.90 bits per heavy atom. The largest absolute Gasteiger partial charge is 0.388 e. The lowest BCUT2D eigenvalue weighted by Gasteiger charge is -2.24. The molecule has 1 unspecified atom stereocenters. The summed E-state index contributed by atoms with van der Waals surface area (Å²) in [6.45, 7) is 0.734. The molecule has 1 aromatic carbocycles. The van der Waals surface area contributed by atoms with Gasteiger partial charge in [0.2, 0.25) is 5.91 Å². The van der Waals surface area contributed by atoms with Gasteiger partial charge in [0.25, 0.3) is 0 Å². The molecule has 0 saturated heterocycles. The average Bonchev–Trinajstić information content (AvgIpc) is 2.96. The molecule has 1 amide bonds. The van der Waals surface area contributed by atoms with Crippen LogP contribution in [-0.4, -0.2) is 17.6 Å². The first-order valence-corrected chi connectivity index (χ1v) is 8.33. The van der Waals surface area contributed by atoms with E-state index in [0.29, 0.717) is 6.42 Å². The molecule has 3 heteroatoms. The first kappa shape index (κ1) is 14.6. The summed E-state index contributed by atoms with van der Waals surface area (Å²) in [7, 11) is 0. The van der Waals surface area contributed by atoms with E-state index in [4.69, 9.17) is 0 Å². The van der Waals surface area contributed by atoms with Crippen LogP contribution >= 0.6 is 0 Å². The van der Waals surface area contributed by atoms with E-state index in [1.165, 1.54) is 25.7 Å². The van der Waals surface area contributed by atoms with Crippen molar-refractivity contribution in [1.82, 2.24) is 0 Å². The van der Waals surface area contributed by atoms with Crippen LogP contribution in [-0.2, 0) is 4.79 Å². The number of amides is 1. The summed E-state index contributed by atoms with van der Waals surface area (Å²) >= 11 is 0. The van der Waals surface area contributed by atoms with Crippen molar-refractivity contribution < 1.29 is 9.90 Å². The Bertz CT molecular complexity index is 494. The van der Waals surface area contributed by atoms with Gasteiger partial charge < -0.3 is 10.0 Å². The maximum absolute atomic E-state index is 12.6. The second kappa shape index (κ2) is 6.61. The molecule has 1 aliphatic heterocycles. The fourth-order valence-electron chi connectivity index (χ4n) is 3.75. The van der Waals surface area contributed by atoms with Crippen LogP contribution in [0.25, 0.3) is 0 Å². The van der Waals surface area contributed by atoms with Crippen molar-refractivity contribution in [3.63, 3.8) is 0 Å². The summed E-state index contributed by atoms with van der Waals surface area (Å²) in [5.41, 5.74) is 1.82. The molecule has 1 heterocycles. The fourth-order valence-corrected chi connectivity index (χ4v) is 3.75. The average molecular weight is 287 g/mol. The summed E-state index contributed by atoms with van der Waals surface area (Å²) in [5.74, 6) is 0.977. The van der Waals surface area contributed by atoms with Crippen molar-refractivity contribution in [1.29, 1.82) is 0 Å². The van der Waals surface area contributed by atoms with Crippen LogP contribution in [0.5, 0.6) is 0 Å². The molecule has 1 saturated carbocycles. The quantitative estimate of drug-likeness (QED) is 0.918. The molecule has 21 heavy (non-hydrogen) atoms. The summed E-state index contributed by atoms with van der Waals surface area (Å²) in [4.78, 5) is 14.5. The van der Waals surface area contributed by atoms with Crippen LogP contribution in [0.15, 0.2) is 24.3 Å². The lowest BCUT2D eigenvalue weighted by Crippen LogP contribution is -2.31. The zero-order chi connectivity index (χ0) is 14.7. The fraction of sp³-hybridized carbons (Fsp3) is 0.611. The zero-order valence-corrected chi connectivity index (χ0v) is 12.6. The van der Waals surface area contributed by atoms with E-state index in [9.17, 15) is 9.90 Å². The first-order valence-electron chi connectivity index (χ1n) is 8.33. The second-order valence-electron chi connectivity index (χ2n) is 6.45. The van der Waals surface area contributed by atoms with Gasteiger partial charge in [-0.05, 0) is 31.2 Å². The van der Waals surface area contributed by atoms with Crippen molar-refractivity contribution in [2.24, 2.45) is 5.92 Å². The predicted octanol–water partition coefficient (Wildman–Crippen LogP) is 3.82. The van der Waals surface area contributed by atoms with E-state index >= 15 is 0 Å². The maximum Gasteiger partial charge on any atom is 0.226 e. The zero-order valence-electron chi connectivity index (χ0n) is 12.6. The number of aliphatic hydroxyl groups excluding tert-OH is 1. The normalized spacial score (nSPS) is 22.9. The van der Waals surface area contributed by atoms with Gasteiger partial charge in [0.1, 0.15) is 0 Å². The standard InChI is InChI=1S/C18H25NO2/c20-17-10-5-13-19(16-9-4-3-8-15(16)17)18(21)12-11-14-6-1-2-7-14/h3-4,8-9,14,17,20H,1-2,5-7,10-13H2. The van der Waals surface area contributed by atoms with Crippen LogP contribution in [0.4, 0.5) is 5.69 Å². The maximum atomic E-state index is 12.6. The predicted molar refractivity (Wildman–Crippen MR) is 84.2 cm³/mol. The Balaban J connectivity index is 1.71. The number of fused-ring (bicyclic) bond motifs is 1. The van der Waals surface area contributed by atoms with E-state index in [2.05, 4.69) is 0 Å². The minimum absolute atomic E-state index is 0.225. The van der Waals surface area contributed by atoms with Crippen LogP contribution in [0.1, 0.15) is 63.0 Å². The summed E-state index contributed by atoms with van der Waals surface area (Å²) in [6, 6.07) is 7.81. The van der Waals surface area contributed by atoms with Crippen LogP contribution in [0.2, 0.25) is 0 Å². The van der Waals surface area contributed by atoms with E-state index in [-0.39, 0.29) is 5.91 Å². The second-order valence-corrected chi connectivity index (χ2v) is 6.45. The monoisotopic (exact) mass is 287 g/mol. The Labute approximate surface area is 127 Å². The van der Waals surface area contributed by atoms with Gasteiger partial charge in [-0.2, -0.15) is 0 Å². The van der Waals surface area contributed by atoms with Gasteiger partial charge in [0, 0.05) is 24.2 Å². The number of carbonyl (C=O) groups excluding carboxylic acids is 1. The highest BCUT2D eigenvalue weighted by atomic mass is 16.3. The molecule has 0 aromatic heterocycles. The summed E-state index contributed by atoms with van der Waals surface area (Å²) in [6.07, 6.45) is 8.10. The molecule has 3 nitrogen and oxygen atoms in total. The lowest BCUT2D eigenvalue weighted by atomic mass is 10.0. The van der Waals surface area contributed by atoms with Crippen molar-refractivity contribution in [3.05, 3.63) is 29.8 Å².